The first-order valence-corrected chi connectivity index (χ1v) is 9.38. The fourth-order valence-corrected chi connectivity index (χ4v) is 3.71. The molecule has 27 heavy (non-hydrogen) atoms. The summed E-state index contributed by atoms with van der Waals surface area (Å²) in [4.78, 5) is 17.8. The molecule has 0 spiro atoms. The van der Waals surface area contributed by atoms with Gasteiger partial charge in [-0.2, -0.15) is 0 Å². The van der Waals surface area contributed by atoms with E-state index in [1.165, 1.54) is 16.5 Å². The number of nitrogens with zero attached hydrogens (tertiary/aromatic N) is 1. The summed E-state index contributed by atoms with van der Waals surface area (Å²) in [5, 5.41) is 1.90. The molecule has 0 bridgehead atoms. The largest absolute Gasteiger partial charge is 0.497 e. The molecule has 1 amide bonds. The van der Waals surface area contributed by atoms with Crippen molar-refractivity contribution in [2.24, 2.45) is 0 Å². The number of nitrogens with one attached hydrogen (secondary N) is 1. The van der Waals surface area contributed by atoms with Crippen LogP contribution in [-0.4, -0.2) is 36.0 Å². The van der Waals surface area contributed by atoms with Crippen molar-refractivity contribution in [3.05, 3.63) is 70.9 Å². The van der Waals surface area contributed by atoms with Gasteiger partial charge in [-0.1, -0.05) is 35.9 Å². The quantitative estimate of drug-likeness (QED) is 0.713. The highest BCUT2D eigenvalue weighted by atomic mass is 35.5. The van der Waals surface area contributed by atoms with E-state index in [9.17, 15) is 4.79 Å². The maximum Gasteiger partial charge on any atom is 0.227 e. The summed E-state index contributed by atoms with van der Waals surface area (Å²) in [5.74, 6) is 0.956. The predicted molar refractivity (Wildman–Crippen MR) is 109 cm³/mol. The number of methoxy groups -OCH3 is 1. The summed E-state index contributed by atoms with van der Waals surface area (Å²) in [6.45, 7) is 1.38. The molecule has 1 aliphatic heterocycles. The number of halogens is 1. The highest BCUT2D eigenvalue weighted by molar-refractivity contribution is 6.31. The Labute approximate surface area is 163 Å². The first kappa shape index (κ1) is 17.7. The third-order valence-electron chi connectivity index (χ3n) is 5.07. The highest BCUT2D eigenvalue weighted by Gasteiger charge is 2.19. The van der Waals surface area contributed by atoms with Gasteiger partial charge in [0.25, 0.3) is 0 Å². The van der Waals surface area contributed by atoms with Crippen LogP contribution < -0.4 is 4.74 Å². The normalized spacial score (nSPS) is 14.3. The highest BCUT2D eigenvalue weighted by Crippen LogP contribution is 2.30. The number of ether oxygens (including phenoxy) is 1. The van der Waals surface area contributed by atoms with Crippen molar-refractivity contribution in [2.45, 2.75) is 12.8 Å². The van der Waals surface area contributed by atoms with Crippen LogP contribution in [0.2, 0.25) is 5.02 Å². The van der Waals surface area contributed by atoms with E-state index in [-0.39, 0.29) is 5.91 Å². The number of H-pyrrole nitrogens is 1. The number of fused-ring (bicyclic) bond motifs is 1. The maximum atomic E-state index is 12.6. The lowest BCUT2D eigenvalue weighted by atomic mass is 9.98. The van der Waals surface area contributed by atoms with Crippen LogP contribution in [0, 0.1) is 0 Å². The average molecular weight is 381 g/mol. The van der Waals surface area contributed by atoms with E-state index in [1.54, 1.807) is 7.11 Å². The molecule has 0 atom stereocenters. The second-order valence-corrected chi connectivity index (χ2v) is 7.17. The molecule has 1 aliphatic rings. The van der Waals surface area contributed by atoms with Crippen molar-refractivity contribution in [1.82, 2.24) is 9.88 Å². The fraction of sp³-hybridized carbons (Fsp3) is 0.227. The van der Waals surface area contributed by atoms with Gasteiger partial charge in [-0.25, -0.2) is 0 Å². The Morgan fingerprint density at radius 2 is 2.04 bits per heavy atom. The fourth-order valence-electron chi connectivity index (χ4n) is 3.53. The number of rotatable bonds is 4. The van der Waals surface area contributed by atoms with Gasteiger partial charge in [0.2, 0.25) is 5.91 Å². The van der Waals surface area contributed by atoms with Gasteiger partial charge < -0.3 is 14.6 Å². The summed E-state index contributed by atoms with van der Waals surface area (Å²) >= 11 is 6.07. The average Bonchev–Trinajstić information content (AvgIpc) is 3.11. The molecule has 1 aromatic heterocycles. The number of aromatic amines is 1. The second-order valence-electron chi connectivity index (χ2n) is 6.74. The van der Waals surface area contributed by atoms with Crippen molar-refractivity contribution >= 4 is 34.0 Å². The molecule has 5 heteroatoms. The maximum absolute atomic E-state index is 12.6. The lowest BCUT2D eigenvalue weighted by Gasteiger charge is -2.26. The summed E-state index contributed by atoms with van der Waals surface area (Å²) in [6, 6.07) is 13.6. The minimum absolute atomic E-state index is 0.154. The molecule has 2 heterocycles. The van der Waals surface area contributed by atoms with Gasteiger partial charge >= 0.3 is 0 Å². The minimum Gasteiger partial charge on any atom is -0.497 e. The van der Waals surface area contributed by atoms with Crippen molar-refractivity contribution in [2.75, 3.05) is 20.2 Å². The van der Waals surface area contributed by atoms with E-state index < -0.39 is 0 Å². The van der Waals surface area contributed by atoms with Gasteiger partial charge in [0.1, 0.15) is 5.75 Å². The number of hydrogen-bond donors (Lipinski definition) is 1. The van der Waals surface area contributed by atoms with Crippen molar-refractivity contribution in [3.8, 4) is 5.75 Å². The number of hydrogen-bond acceptors (Lipinski definition) is 2. The number of carbonyl (C=O) groups is 1. The third-order valence-corrected chi connectivity index (χ3v) is 5.30. The van der Waals surface area contributed by atoms with Gasteiger partial charge in [0, 0.05) is 40.8 Å². The summed E-state index contributed by atoms with van der Waals surface area (Å²) in [5.41, 5.74) is 4.52. The molecule has 4 nitrogen and oxygen atoms in total. The first-order chi connectivity index (χ1) is 13.1. The standard InChI is InChI=1S/C22H21ClN2O2/c1-27-18-5-2-15(3-6-18)12-22(26)25-10-8-16(9-11-25)20-14-24-21-13-17(23)4-7-19(20)21/h2-8,13-14,24H,9-12H2,1H3. The number of carbonyl (C=O) groups excluding carboxylic acids is 1. The summed E-state index contributed by atoms with van der Waals surface area (Å²) in [6.07, 6.45) is 5.46. The molecule has 0 aliphatic carbocycles. The molecule has 0 radical (unpaired) electrons. The lowest BCUT2D eigenvalue weighted by molar-refractivity contribution is -0.130. The minimum atomic E-state index is 0.154. The molecule has 0 fully saturated rings. The predicted octanol–water partition coefficient (Wildman–Crippen LogP) is 4.69. The molecule has 4 rings (SSSR count). The Hall–Kier alpha value is -2.72. The van der Waals surface area contributed by atoms with Crippen LogP contribution >= 0.6 is 11.6 Å². The van der Waals surface area contributed by atoms with Gasteiger partial charge in [0.05, 0.1) is 13.5 Å². The van der Waals surface area contributed by atoms with E-state index >= 15 is 0 Å². The van der Waals surface area contributed by atoms with E-state index in [0.29, 0.717) is 13.0 Å². The van der Waals surface area contributed by atoms with E-state index in [1.807, 2.05) is 53.6 Å². The Balaban J connectivity index is 1.44. The molecule has 138 valence electrons. The van der Waals surface area contributed by atoms with Crippen LogP contribution in [0.25, 0.3) is 16.5 Å². The van der Waals surface area contributed by atoms with Gasteiger partial charge in [-0.15, -0.1) is 0 Å². The van der Waals surface area contributed by atoms with Gasteiger partial charge in [-0.05, 0) is 41.8 Å². The Kier molecular flexibility index (Phi) is 4.90. The topological polar surface area (TPSA) is 45.3 Å². The smallest absolute Gasteiger partial charge is 0.227 e. The monoisotopic (exact) mass is 380 g/mol. The van der Waals surface area contributed by atoms with Crippen LogP contribution in [0.15, 0.2) is 54.7 Å². The zero-order valence-electron chi connectivity index (χ0n) is 15.2. The SMILES string of the molecule is COc1ccc(CC(=O)N2CC=C(c3c[nH]c4cc(Cl)ccc34)CC2)cc1. The molecular formula is C22H21ClN2O2. The van der Waals surface area contributed by atoms with Crippen LogP contribution in [0.3, 0.4) is 0 Å². The first-order valence-electron chi connectivity index (χ1n) is 9.01. The van der Waals surface area contributed by atoms with Crippen molar-refractivity contribution < 1.29 is 9.53 Å². The lowest BCUT2D eigenvalue weighted by Crippen LogP contribution is -2.35. The van der Waals surface area contributed by atoms with Gasteiger partial charge in [-0.3, -0.25) is 4.79 Å². The van der Waals surface area contributed by atoms with Gasteiger partial charge in [0.15, 0.2) is 0 Å². The summed E-state index contributed by atoms with van der Waals surface area (Å²) < 4.78 is 5.16. The Morgan fingerprint density at radius 3 is 2.74 bits per heavy atom. The number of aromatic nitrogens is 1. The zero-order valence-corrected chi connectivity index (χ0v) is 15.9. The van der Waals surface area contributed by atoms with Crippen molar-refractivity contribution in [1.29, 1.82) is 0 Å². The molecule has 3 aromatic rings. The molecule has 1 N–H and O–H groups in total. The Bertz CT molecular complexity index is 1000. The van der Waals surface area contributed by atoms with E-state index in [4.69, 9.17) is 16.3 Å². The third kappa shape index (κ3) is 3.71. The number of amides is 1. The number of benzene rings is 2. The van der Waals surface area contributed by atoms with Crippen LogP contribution in [-0.2, 0) is 11.2 Å². The van der Waals surface area contributed by atoms with Crippen LogP contribution in [0.5, 0.6) is 5.75 Å². The van der Waals surface area contributed by atoms with Crippen LogP contribution in [0.4, 0.5) is 0 Å². The zero-order chi connectivity index (χ0) is 18.8. The molecule has 2 aromatic carbocycles. The van der Waals surface area contributed by atoms with E-state index in [2.05, 4.69) is 11.1 Å². The molecular weight excluding hydrogens is 360 g/mol. The summed E-state index contributed by atoms with van der Waals surface area (Å²) in [7, 11) is 1.64. The molecule has 0 saturated carbocycles. The van der Waals surface area contributed by atoms with Crippen LogP contribution in [0.1, 0.15) is 17.5 Å². The molecule has 0 unspecified atom stereocenters. The Morgan fingerprint density at radius 1 is 1.22 bits per heavy atom. The second kappa shape index (κ2) is 7.49. The van der Waals surface area contributed by atoms with Crippen molar-refractivity contribution in [3.63, 3.8) is 0 Å². The van der Waals surface area contributed by atoms with E-state index in [0.717, 1.165) is 34.8 Å². The molecule has 0 saturated heterocycles.